The molecule has 214 valence electrons. The molecule has 0 aromatic rings. The van der Waals surface area contributed by atoms with Gasteiger partial charge in [0.15, 0.2) is 0 Å². The third-order valence-corrected chi connectivity index (χ3v) is 6.12. The molecule has 0 aliphatic carbocycles. The Hall–Kier alpha value is -2.69. The fourth-order valence-corrected chi connectivity index (χ4v) is 3.83. The molecule has 0 bridgehead atoms. The maximum Gasteiger partial charge on any atom is 0.326 e. The van der Waals surface area contributed by atoms with E-state index in [1.54, 1.807) is 0 Å². The lowest BCUT2D eigenvalue weighted by atomic mass is 10.1. The van der Waals surface area contributed by atoms with E-state index in [9.17, 15) is 29.1 Å². The first-order valence-electron chi connectivity index (χ1n) is 13.7. The van der Waals surface area contributed by atoms with Crippen LogP contribution in [0, 0.1) is 0 Å². The molecule has 0 spiro atoms. The van der Waals surface area contributed by atoms with Crippen LogP contribution < -0.4 is 21.7 Å². The van der Waals surface area contributed by atoms with Crippen LogP contribution in [0.15, 0.2) is 0 Å². The Morgan fingerprint density at radius 1 is 0.676 bits per heavy atom. The largest absolute Gasteiger partial charge is 0.481 e. The Labute approximate surface area is 220 Å². The molecule has 0 unspecified atom stereocenters. The highest BCUT2D eigenvalue weighted by atomic mass is 16.4. The molecule has 3 atom stereocenters. The normalized spacial score (nSPS) is 13.3. The zero-order valence-electron chi connectivity index (χ0n) is 22.6. The van der Waals surface area contributed by atoms with Gasteiger partial charge in [-0.1, -0.05) is 58.3 Å². The van der Waals surface area contributed by atoms with E-state index >= 15 is 0 Å². The minimum Gasteiger partial charge on any atom is -0.481 e. The Morgan fingerprint density at radius 2 is 1.24 bits per heavy atom. The van der Waals surface area contributed by atoms with Gasteiger partial charge < -0.3 is 31.9 Å². The molecule has 0 rings (SSSR count). The fourth-order valence-electron chi connectivity index (χ4n) is 3.83. The summed E-state index contributed by atoms with van der Waals surface area (Å²) in [7, 11) is 0. The van der Waals surface area contributed by atoms with Crippen molar-refractivity contribution in [1.82, 2.24) is 16.0 Å². The molecule has 0 heterocycles. The summed E-state index contributed by atoms with van der Waals surface area (Å²) < 4.78 is 0. The maximum absolute atomic E-state index is 12.7. The van der Waals surface area contributed by atoms with E-state index in [1.165, 1.54) is 39.0 Å². The predicted octanol–water partition coefficient (Wildman–Crippen LogP) is 2.46. The standard InChI is InChI=1S/C26H48N4O7/c1-3-4-5-6-7-8-9-10-11-15-22(31)28-19(2)24(34)29-20(16-17-23(32)33)25(35)30-21(26(36)37)14-12-13-18-27/h19-21H,3-18,27H2,1-2H3,(H,28,31)(H,29,34)(H,30,35)(H,32,33)(H,36,37)/t19-,20+,21-/m0/s1. The molecule has 0 saturated heterocycles. The van der Waals surface area contributed by atoms with E-state index in [0.29, 0.717) is 25.8 Å². The molecule has 0 fully saturated rings. The molecule has 0 aromatic carbocycles. The predicted molar refractivity (Wildman–Crippen MR) is 141 cm³/mol. The third-order valence-electron chi connectivity index (χ3n) is 6.12. The first kappa shape index (κ1) is 34.3. The average molecular weight is 529 g/mol. The van der Waals surface area contributed by atoms with Crippen molar-refractivity contribution < 1.29 is 34.2 Å². The number of aliphatic carboxylic acids is 2. The Bertz CT molecular complexity index is 702. The van der Waals surface area contributed by atoms with Crippen molar-refractivity contribution in [2.75, 3.05) is 6.54 Å². The van der Waals surface area contributed by atoms with Crippen molar-refractivity contribution in [2.24, 2.45) is 5.73 Å². The number of hydrogen-bond acceptors (Lipinski definition) is 6. The van der Waals surface area contributed by atoms with Gasteiger partial charge in [-0.05, 0) is 45.6 Å². The summed E-state index contributed by atoms with van der Waals surface area (Å²) in [5.74, 6) is -4.11. The van der Waals surface area contributed by atoms with Crippen LogP contribution in [0.2, 0.25) is 0 Å². The van der Waals surface area contributed by atoms with E-state index in [1.807, 2.05) is 0 Å². The van der Waals surface area contributed by atoms with E-state index < -0.39 is 48.3 Å². The van der Waals surface area contributed by atoms with Crippen LogP contribution in [0.1, 0.15) is 110 Å². The smallest absolute Gasteiger partial charge is 0.326 e. The number of unbranched alkanes of at least 4 members (excludes halogenated alkanes) is 9. The number of hydrogen-bond donors (Lipinski definition) is 6. The number of carboxylic acid groups (broad SMARTS) is 2. The van der Waals surface area contributed by atoms with E-state index in [2.05, 4.69) is 22.9 Å². The maximum atomic E-state index is 12.7. The number of nitrogens with one attached hydrogen (secondary N) is 3. The lowest BCUT2D eigenvalue weighted by molar-refractivity contribution is -0.143. The first-order valence-corrected chi connectivity index (χ1v) is 13.7. The topological polar surface area (TPSA) is 188 Å². The van der Waals surface area contributed by atoms with Crippen molar-refractivity contribution in [3.63, 3.8) is 0 Å². The minimum atomic E-state index is -1.25. The molecular formula is C26H48N4O7. The number of amides is 3. The van der Waals surface area contributed by atoms with Crippen molar-refractivity contribution in [1.29, 1.82) is 0 Å². The monoisotopic (exact) mass is 528 g/mol. The molecule has 0 radical (unpaired) electrons. The summed E-state index contributed by atoms with van der Waals surface area (Å²) >= 11 is 0. The summed E-state index contributed by atoms with van der Waals surface area (Å²) in [6.07, 6.45) is 11.0. The summed E-state index contributed by atoms with van der Waals surface area (Å²) in [5, 5.41) is 25.8. The molecule has 7 N–H and O–H groups in total. The van der Waals surface area contributed by atoms with Crippen LogP contribution >= 0.6 is 0 Å². The molecule has 0 aliphatic rings. The van der Waals surface area contributed by atoms with Crippen molar-refractivity contribution in [3.8, 4) is 0 Å². The molecule has 11 nitrogen and oxygen atoms in total. The zero-order valence-corrected chi connectivity index (χ0v) is 22.6. The third kappa shape index (κ3) is 18.2. The molecule has 11 heteroatoms. The summed E-state index contributed by atoms with van der Waals surface area (Å²) in [6, 6.07) is -3.38. The Kier molecular flexibility index (Phi) is 19.8. The Balaban J connectivity index is 4.65. The lowest BCUT2D eigenvalue weighted by Gasteiger charge is -2.23. The number of rotatable bonds is 23. The van der Waals surface area contributed by atoms with Crippen molar-refractivity contribution in [2.45, 2.75) is 128 Å². The number of carboxylic acids is 2. The minimum absolute atomic E-state index is 0.156. The number of carbonyl (C=O) groups excluding carboxylic acids is 3. The number of nitrogens with two attached hydrogens (primary N) is 1. The van der Waals surface area contributed by atoms with Gasteiger partial charge in [-0.2, -0.15) is 0 Å². The van der Waals surface area contributed by atoms with E-state index in [0.717, 1.165) is 25.7 Å². The van der Waals surface area contributed by atoms with E-state index in [4.69, 9.17) is 10.8 Å². The van der Waals surface area contributed by atoms with Gasteiger partial charge in [0.05, 0.1) is 0 Å². The van der Waals surface area contributed by atoms with Gasteiger partial charge in [0.25, 0.3) is 0 Å². The molecule has 37 heavy (non-hydrogen) atoms. The second kappa shape index (κ2) is 21.4. The highest BCUT2D eigenvalue weighted by molar-refractivity contribution is 5.93. The quantitative estimate of drug-likeness (QED) is 0.109. The van der Waals surface area contributed by atoms with Crippen LogP contribution in [0.3, 0.4) is 0 Å². The van der Waals surface area contributed by atoms with Crippen molar-refractivity contribution in [3.05, 3.63) is 0 Å². The van der Waals surface area contributed by atoms with E-state index in [-0.39, 0.29) is 18.7 Å². The highest BCUT2D eigenvalue weighted by Gasteiger charge is 2.28. The zero-order chi connectivity index (χ0) is 28.1. The van der Waals surface area contributed by atoms with Crippen LogP contribution in [0.5, 0.6) is 0 Å². The van der Waals surface area contributed by atoms with Crippen molar-refractivity contribution >= 4 is 29.7 Å². The summed E-state index contributed by atoms with van der Waals surface area (Å²) in [6.45, 7) is 4.05. The van der Waals surface area contributed by atoms with Crippen LogP contribution in [0.25, 0.3) is 0 Å². The first-order chi connectivity index (χ1) is 17.6. The molecule has 3 amide bonds. The van der Waals surface area contributed by atoms with Crippen LogP contribution in [-0.4, -0.2) is 64.5 Å². The Morgan fingerprint density at radius 3 is 1.78 bits per heavy atom. The average Bonchev–Trinajstić information content (AvgIpc) is 2.84. The van der Waals surface area contributed by atoms with Gasteiger partial charge in [-0.3, -0.25) is 19.2 Å². The SMILES string of the molecule is CCCCCCCCCCCC(=O)N[C@@H](C)C(=O)N[C@H](CCC(=O)O)C(=O)N[C@@H](CCCCN)C(=O)O. The second-order valence-corrected chi connectivity index (χ2v) is 9.55. The van der Waals surface area contributed by atoms with Gasteiger partial charge >= 0.3 is 11.9 Å². The summed E-state index contributed by atoms with van der Waals surface area (Å²) in [5.41, 5.74) is 5.42. The van der Waals surface area contributed by atoms with Gasteiger partial charge in [0, 0.05) is 12.8 Å². The highest BCUT2D eigenvalue weighted by Crippen LogP contribution is 2.10. The molecular weight excluding hydrogens is 480 g/mol. The van der Waals surface area contributed by atoms with Gasteiger partial charge in [0.1, 0.15) is 18.1 Å². The fraction of sp³-hybridized carbons (Fsp3) is 0.808. The molecule has 0 saturated carbocycles. The molecule has 0 aliphatic heterocycles. The van der Waals surface area contributed by atoms with Gasteiger partial charge in [0.2, 0.25) is 17.7 Å². The second-order valence-electron chi connectivity index (χ2n) is 9.55. The van der Waals surface area contributed by atoms with Gasteiger partial charge in [-0.15, -0.1) is 0 Å². The lowest BCUT2D eigenvalue weighted by Crippen LogP contribution is -2.55. The van der Waals surface area contributed by atoms with Crippen LogP contribution in [-0.2, 0) is 24.0 Å². The summed E-state index contributed by atoms with van der Waals surface area (Å²) in [4.78, 5) is 60.0. The van der Waals surface area contributed by atoms with Gasteiger partial charge in [-0.25, -0.2) is 4.79 Å². The number of carbonyl (C=O) groups is 5. The molecule has 0 aromatic heterocycles. The van der Waals surface area contributed by atoms with Crippen LogP contribution in [0.4, 0.5) is 0 Å².